The Bertz CT molecular complexity index is 651. The molecule has 2 saturated carbocycles. The van der Waals surface area contributed by atoms with Crippen molar-refractivity contribution in [1.82, 2.24) is 15.6 Å². The predicted octanol–water partition coefficient (Wildman–Crippen LogP) is 2.09. The van der Waals surface area contributed by atoms with Gasteiger partial charge in [-0.1, -0.05) is 0 Å². The van der Waals surface area contributed by atoms with Gasteiger partial charge in [0.2, 0.25) is 0 Å². The molecule has 2 atom stereocenters. The number of carbonyl (C=O) groups excluding carboxylic acids is 2. The highest BCUT2D eigenvalue weighted by Crippen LogP contribution is 2.40. The fourth-order valence-corrected chi connectivity index (χ4v) is 3.39. The second-order valence-corrected chi connectivity index (χ2v) is 6.94. The summed E-state index contributed by atoms with van der Waals surface area (Å²) in [6.45, 7) is 1.01. The molecule has 8 heteroatoms. The van der Waals surface area contributed by atoms with E-state index in [1.54, 1.807) is 12.1 Å². The molecule has 0 aliphatic heterocycles. The maximum absolute atomic E-state index is 12.1. The van der Waals surface area contributed by atoms with Crippen LogP contribution in [0.5, 0.6) is 0 Å². The van der Waals surface area contributed by atoms with Crippen LogP contribution in [0.4, 0.5) is 4.79 Å². The minimum absolute atomic E-state index is 0. The number of esters is 1. The van der Waals surface area contributed by atoms with Crippen molar-refractivity contribution in [2.75, 3.05) is 13.7 Å². The van der Waals surface area contributed by atoms with Crippen LogP contribution in [0.15, 0.2) is 12.1 Å². The fraction of sp³-hybridized carbons (Fsp3) is 0.611. The lowest BCUT2D eigenvalue weighted by Crippen LogP contribution is -2.41. The number of pyridine rings is 1. The molecule has 4 N–H and O–H groups in total. The fourth-order valence-electron chi connectivity index (χ4n) is 3.39. The van der Waals surface area contributed by atoms with Gasteiger partial charge in [-0.05, 0) is 56.7 Å². The first-order chi connectivity index (χ1) is 12.1. The van der Waals surface area contributed by atoms with E-state index < -0.39 is 0 Å². The molecule has 2 amide bonds. The summed E-state index contributed by atoms with van der Waals surface area (Å²) in [6, 6.07) is 3.52. The van der Waals surface area contributed by atoms with Crippen LogP contribution in [-0.2, 0) is 11.3 Å². The zero-order valence-electron chi connectivity index (χ0n) is 15.0. The number of carbonyl (C=O) groups is 2. The van der Waals surface area contributed by atoms with Crippen LogP contribution in [0.1, 0.15) is 59.8 Å². The van der Waals surface area contributed by atoms with Gasteiger partial charge in [0.15, 0.2) is 0 Å². The number of nitrogens with zero attached hydrogens (tertiary/aromatic N) is 1. The highest BCUT2D eigenvalue weighted by atomic mass is 35.5. The highest BCUT2D eigenvalue weighted by molar-refractivity contribution is 5.90. The predicted molar refractivity (Wildman–Crippen MR) is 100 cm³/mol. The van der Waals surface area contributed by atoms with E-state index in [1.807, 2.05) is 0 Å². The Balaban J connectivity index is 0.00000243. The third kappa shape index (κ3) is 5.08. The number of urea groups is 1. The first-order valence-corrected chi connectivity index (χ1v) is 8.93. The van der Waals surface area contributed by atoms with Gasteiger partial charge in [0.1, 0.15) is 0 Å². The van der Waals surface area contributed by atoms with Crippen molar-refractivity contribution in [3.8, 4) is 0 Å². The third-order valence-electron chi connectivity index (χ3n) is 4.99. The van der Waals surface area contributed by atoms with Crippen molar-refractivity contribution >= 4 is 24.4 Å². The first kappa shape index (κ1) is 20.5. The minimum atomic E-state index is -0.359. The molecule has 0 saturated heterocycles. The number of hydrogen-bond acceptors (Lipinski definition) is 5. The lowest BCUT2D eigenvalue weighted by atomic mass is 10.1. The highest BCUT2D eigenvalue weighted by Gasteiger charge is 2.30. The number of nitrogens with two attached hydrogens (primary N) is 1. The quantitative estimate of drug-likeness (QED) is 0.653. The molecule has 2 unspecified atom stereocenters. The zero-order valence-corrected chi connectivity index (χ0v) is 15.8. The van der Waals surface area contributed by atoms with Crippen LogP contribution >= 0.6 is 12.4 Å². The number of halogens is 1. The summed E-state index contributed by atoms with van der Waals surface area (Å²) in [5.41, 5.74) is 7.74. The lowest BCUT2D eigenvalue weighted by molar-refractivity contribution is 0.0598. The third-order valence-corrected chi connectivity index (χ3v) is 4.99. The molecule has 1 heterocycles. The number of hydrogen-bond donors (Lipinski definition) is 3. The SMILES string of the molecule is COC(=O)c1ccc(CNC(=O)NC2CCC(CN)C2)nc1C1CC1.Cl. The minimum Gasteiger partial charge on any atom is -0.465 e. The van der Waals surface area contributed by atoms with Crippen molar-refractivity contribution in [2.45, 2.75) is 50.6 Å². The molecule has 0 radical (unpaired) electrons. The summed E-state index contributed by atoms with van der Waals surface area (Å²) in [4.78, 5) is 28.5. The summed E-state index contributed by atoms with van der Waals surface area (Å²) in [7, 11) is 1.37. The molecule has 0 bridgehead atoms. The molecule has 26 heavy (non-hydrogen) atoms. The van der Waals surface area contributed by atoms with Crippen LogP contribution < -0.4 is 16.4 Å². The maximum atomic E-state index is 12.1. The Labute approximate surface area is 159 Å². The van der Waals surface area contributed by atoms with Gasteiger partial charge in [-0.3, -0.25) is 4.98 Å². The van der Waals surface area contributed by atoms with Crippen LogP contribution in [-0.4, -0.2) is 36.7 Å². The Hall–Kier alpha value is -1.86. The van der Waals surface area contributed by atoms with Gasteiger partial charge in [0.25, 0.3) is 0 Å². The second-order valence-electron chi connectivity index (χ2n) is 6.94. The Morgan fingerprint density at radius 1 is 1.27 bits per heavy atom. The van der Waals surface area contributed by atoms with E-state index in [0.717, 1.165) is 43.5 Å². The standard InChI is InChI=1S/C18H26N4O3.ClH/c1-25-17(23)15-7-6-14(21-16(15)12-3-4-12)10-20-18(24)22-13-5-2-11(8-13)9-19;/h6-7,11-13H,2-5,8-10,19H2,1H3,(H2,20,22,24);1H. The van der Waals surface area contributed by atoms with Crippen molar-refractivity contribution in [2.24, 2.45) is 11.7 Å². The van der Waals surface area contributed by atoms with Crippen molar-refractivity contribution in [3.05, 3.63) is 29.1 Å². The van der Waals surface area contributed by atoms with E-state index in [9.17, 15) is 9.59 Å². The van der Waals surface area contributed by atoms with Gasteiger partial charge in [-0.2, -0.15) is 0 Å². The average Bonchev–Trinajstić information content (AvgIpc) is 3.38. The van der Waals surface area contributed by atoms with Crippen LogP contribution in [0.2, 0.25) is 0 Å². The molecular weight excluding hydrogens is 356 g/mol. The van der Waals surface area contributed by atoms with Gasteiger partial charge in [-0.15, -0.1) is 12.4 Å². The number of aromatic nitrogens is 1. The van der Waals surface area contributed by atoms with Gasteiger partial charge in [0.05, 0.1) is 30.6 Å². The van der Waals surface area contributed by atoms with Crippen LogP contribution in [0, 0.1) is 5.92 Å². The first-order valence-electron chi connectivity index (χ1n) is 8.93. The average molecular weight is 383 g/mol. The van der Waals surface area contributed by atoms with Crippen LogP contribution in [0.25, 0.3) is 0 Å². The van der Waals surface area contributed by atoms with E-state index in [4.69, 9.17) is 10.5 Å². The Kier molecular flexibility index (Phi) is 7.23. The molecule has 7 nitrogen and oxygen atoms in total. The molecule has 2 aliphatic rings. The van der Waals surface area contributed by atoms with E-state index in [2.05, 4.69) is 15.6 Å². The van der Waals surface area contributed by atoms with E-state index in [1.165, 1.54) is 7.11 Å². The van der Waals surface area contributed by atoms with E-state index in [0.29, 0.717) is 30.5 Å². The number of methoxy groups -OCH3 is 1. The molecule has 3 rings (SSSR count). The largest absolute Gasteiger partial charge is 0.465 e. The molecule has 144 valence electrons. The topological polar surface area (TPSA) is 106 Å². The monoisotopic (exact) mass is 382 g/mol. The zero-order chi connectivity index (χ0) is 17.8. The van der Waals surface area contributed by atoms with Gasteiger partial charge < -0.3 is 21.1 Å². The lowest BCUT2D eigenvalue weighted by Gasteiger charge is -2.14. The van der Waals surface area contributed by atoms with E-state index >= 15 is 0 Å². The van der Waals surface area contributed by atoms with Crippen molar-refractivity contribution in [3.63, 3.8) is 0 Å². The van der Waals surface area contributed by atoms with Gasteiger partial charge in [-0.25, -0.2) is 9.59 Å². The normalized spacial score (nSPS) is 21.6. The number of ether oxygens (including phenoxy) is 1. The number of amides is 2. The molecular formula is C18H27ClN4O3. The number of nitrogens with one attached hydrogen (secondary N) is 2. The molecule has 1 aromatic heterocycles. The Morgan fingerprint density at radius 2 is 2.04 bits per heavy atom. The molecule has 2 aliphatic carbocycles. The number of rotatable bonds is 6. The summed E-state index contributed by atoms with van der Waals surface area (Å²) < 4.78 is 4.82. The second kappa shape index (κ2) is 9.19. The summed E-state index contributed by atoms with van der Waals surface area (Å²) in [5, 5.41) is 5.84. The van der Waals surface area contributed by atoms with E-state index in [-0.39, 0.29) is 30.4 Å². The van der Waals surface area contributed by atoms with Crippen molar-refractivity contribution in [1.29, 1.82) is 0 Å². The molecule has 1 aromatic rings. The molecule has 2 fully saturated rings. The van der Waals surface area contributed by atoms with Crippen LogP contribution in [0.3, 0.4) is 0 Å². The smallest absolute Gasteiger partial charge is 0.339 e. The Morgan fingerprint density at radius 3 is 2.65 bits per heavy atom. The summed E-state index contributed by atoms with van der Waals surface area (Å²) in [6.07, 6.45) is 5.08. The summed E-state index contributed by atoms with van der Waals surface area (Å²) >= 11 is 0. The maximum Gasteiger partial charge on any atom is 0.339 e. The van der Waals surface area contributed by atoms with Gasteiger partial charge >= 0.3 is 12.0 Å². The van der Waals surface area contributed by atoms with Crippen molar-refractivity contribution < 1.29 is 14.3 Å². The molecule has 0 aromatic carbocycles. The summed E-state index contributed by atoms with van der Waals surface area (Å²) in [5.74, 6) is 0.482. The molecule has 0 spiro atoms. The van der Waals surface area contributed by atoms with Gasteiger partial charge in [0, 0.05) is 12.0 Å².